The predicted molar refractivity (Wildman–Crippen MR) is 74.1 cm³/mol. The average Bonchev–Trinajstić information content (AvgIpc) is 2.34. The predicted octanol–water partition coefficient (Wildman–Crippen LogP) is 3.58. The summed E-state index contributed by atoms with van der Waals surface area (Å²) in [7, 11) is -4.05. The highest BCUT2D eigenvalue weighted by Gasteiger charge is 2.19. The van der Waals surface area contributed by atoms with Crippen molar-refractivity contribution in [3.63, 3.8) is 0 Å². The van der Waals surface area contributed by atoms with Crippen molar-refractivity contribution >= 4 is 43.2 Å². The van der Waals surface area contributed by atoms with Gasteiger partial charge in [-0.1, -0.05) is 11.6 Å². The molecule has 4 nitrogen and oxygen atoms in total. The van der Waals surface area contributed by atoms with Gasteiger partial charge in [0.05, 0.1) is 5.69 Å². The van der Waals surface area contributed by atoms with Crippen LogP contribution < -0.4 is 4.72 Å². The van der Waals surface area contributed by atoms with Gasteiger partial charge in [0, 0.05) is 16.7 Å². The van der Waals surface area contributed by atoms with E-state index in [4.69, 9.17) is 11.6 Å². The maximum absolute atomic E-state index is 13.6. The van der Waals surface area contributed by atoms with Crippen LogP contribution in [0.1, 0.15) is 0 Å². The van der Waals surface area contributed by atoms with E-state index in [2.05, 4.69) is 20.9 Å². The van der Waals surface area contributed by atoms with E-state index < -0.39 is 21.7 Å². The third-order valence-electron chi connectivity index (χ3n) is 2.25. The van der Waals surface area contributed by atoms with Crippen LogP contribution in [0.2, 0.25) is 5.15 Å². The van der Waals surface area contributed by atoms with Gasteiger partial charge in [0.25, 0.3) is 10.0 Å². The third kappa shape index (κ3) is 3.25. The maximum atomic E-state index is 13.6. The molecule has 0 fully saturated rings. The normalized spacial score (nSPS) is 11.4. The number of aromatic nitrogens is 1. The average molecular weight is 384 g/mol. The molecule has 1 aromatic heterocycles. The minimum atomic E-state index is -4.05. The van der Waals surface area contributed by atoms with Gasteiger partial charge in [0.15, 0.2) is 5.82 Å². The van der Waals surface area contributed by atoms with Crippen LogP contribution in [0.15, 0.2) is 39.8 Å². The zero-order valence-electron chi connectivity index (χ0n) is 9.57. The highest BCUT2D eigenvalue weighted by atomic mass is 79.9. The van der Waals surface area contributed by atoms with Gasteiger partial charge in [-0.3, -0.25) is 4.72 Å². The van der Waals surface area contributed by atoms with Crippen molar-refractivity contribution in [1.29, 1.82) is 0 Å². The number of hydrogen-bond acceptors (Lipinski definition) is 3. The molecule has 2 aromatic rings. The minimum absolute atomic E-state index is 0.0551. The van der Waals surface area contributed by atoms with Gasteiger partial charge >= 0.3 is 0 Å². The molecule has 0 aliphatic heterocycles. The molecule has 0 aliphatic rings. The number of halogens is 4. The molecule has 0 unspecified atom stereocenters. The molecule has 0 amide bonds. The molecule has 106 valence electrons. The number of benzene rings is 1. The van der Waals surface area contributed by atoms with E-state index in [-0.39, 0.29) is 20.2 Å². The van der Waals surface area contributed by atoms with Crippen molar-refractivity contribution in [2.24, 2.45) is 0 Å². The Morgan fingerprint density at radius 3 is 2.50 bits per heavy atom. The van der Waals surface area contributed by atoms with E-state index in [1.807, 2.05) is 4.72 Å². The standard InChI is InChI=1S/C11H6BrClF2N2O2S/c12-8-3-6(14)4-9(15)11(8)17-20(18,19)7-1-2-10(13)16-5-7/h1-5,17H. The molecule has 0 saturated carbocycles. The molecule has 0 aliphatic carbocycles. The number of rotatable bonds is 3. The Morgan fingerprint density at radius 2 is 1.95 bits per heavy atom. The molecule has 0 bridgehead atoms. The zero-order chi connectivity index (χ0) is 14.9. The molecule has 0 radical (unpaired) electrons. The fourth-order valence-corrected chi connectivity index (χ4v) is 3.14. The Balaban J connectivity index is 2.41. The van der Waals surface area contributed by atoms with Crippen molar-refractivity contribution < 1.29 is 17.2 Å². The van der Waals surface area contributed by atoms with Gasteiger partial charge in [-0.15, -0.1) is 0 Å². The first-order chi connectivity index (χ1) is 9.29. The summed E-state index contributed by atoms with van der Waals surface area (Å²) in [5.41, 5.74) is -0.388. The number of nitrogens with zero attached hydrogens (tertiary/aromatic N) is 1. The highest BCUT2D eigenvalue weighted by molar-refractivity contribution is 9.10. The van der Waals surface area contributed by atoms with Crippen LogP contribution in [-0.2, 0) is 10.0 Å². The molecule has 1 aromatic carbocycles. The van der Waals surface area contributed by atoms with Crippen LogP contribution in [0.5, 0.6) is 0 Å². The van der Waals surface area contributed by atoms with E-state index in [1.54, 1.807) is 0 Å². The van der Waals surface area contributed by atoms with Crippen molar-refractivity contribution in [3.8, 4) is 0 Å². The second kappa shape index (κ2) is 5.63. The monoisotopic (exact) mass is 382 g/mol. The summed E-state index contributed by atoms with van der Waals surface area (Å²) in [5.74, 6) is -1.87. The van der Waals surface area contributed by atoms with Crippen LogP contribution in [0.3, 0.4) is 0 Å². The Kier molecular flexibility index (Phi) is 4.26. The van der Waals surface area contributed by atoms with Crippen LogP contribution in [0.4, 0.5) is 14.5 Å². The molecule has 1 heterocycles. The second-order valence-electron chi connectivity index (χ2n) is 3.67. The smallest absolute Gasteiger partial charge is 0.263 e. The van der Waals surface area contributed by atoms with Crippen molar-refractivity contribution in [2.45, 2.75) is 4.90 Å². The SMILES string of the molecule is O=S(=O)(Nc1c(F)cc(F)cc1Br)c1ccc(Cl)nc1. The number of nitrogens with one attached hydrogen (secondary N) is 1. The molecule has 20 heavy (non-hydrogen) atoms. The zero-order valence-corrected chi connectivity index (χ0v) is 12.7. The molecular weight excluding hydrogens is 378 g/mol. The Hall–Kier alpha value is -1.25. The summed E-state index contributed by atoms with van der Waals surface area (Å²) >= 11 is 8.45. The quantitative estimate of drug-likeness (QED) is 0.824. The maximum Gasteiger partial charge on any atom is 0.263 e. The lowest BCUT2D eigenvalue weighted by atomic mass is 10.3. The van der Waals surface area contributed by atoms with Gasteiger partial charge in [-0.05, 0) is 34.1 Å². The Bertz CT molecular complexity index is 731. The lowest BCUT2D eigenvalue weighted by Crippen LogP contribution is -2.14. The van der Waals surface area contributed by atoms with Gasteiger partial charge in [0.1, 0.15) is 15.9 Å². The van der Waals surface area contributed by atoms with Crippen molar-refractivity contribution in [1.82, 2.24) is 4.98 Å². The molecular formula is C11H6BrClF2N2O2S. The van der Waals surface area contributed by atoms with Crippen LogP contribution in [0.25, 0.3) is 0 Å². The molecule has 0 saturated heterocycles. The summed E-state index contributed by atoms with van der Waals surface area (Å²) < 4.78 is 52.5. The fourth-order valence-electron chi connectivity index (χ4n) is 1.35. The molecule has 2 rings (SSSR count). The number of sulfonamides is 1. The number of anilines is 1. The first-order valence-corrected chi connectivity index (χ1v) is 7.74. The largest absolute Gasteiger partial charge is 0.275 e. The van der Waals surface area contributed by atoms with Crippen LogP contribution >= 0.6 is 27.5 Å². The molecule has 0 atom stereocenters. The molecule has 1 N–H and O–H groups in total. The summed E-state index contributed by atoms with van der Waals surface area (Å²) in [5, 5.41) is 0.123. The minimum Gasteiger partial charge on any atom is -0.275 e. The van der Waals surface area contributed by atoms with Crippen LogP contribution in [-0.4, -0.2) is 13.4 Å². The van der Waals surface area contributed by atoms with Crippen molar-refractivity contribution in [2.75, 3.05) is 4.72 Å². The lowest BCUT2D eigenvalue weighted by molar-refractivity contribution is 0.581. The molecule has 9 heteroatoms. The number of pyridine rings is 1. The fraction of sp³-hybridized carbons (Fsp3) is 0. The topological polar surface area (TPSA) is 59.1 Å². The first-order valence-electron chi connectivity index (χ1n) is 5.08. The van der Waals surface area contributed by atoms with E-state index in [0.29, 0.717) is 6.07 Å². The Labute approximate surface area is 127 Å². The van der Waals surface area contributed by atoms with E-state index >= 15 is 0 Å². The summed E-state index contributed by atoms with van der Waals surface area (Å²) in [4.78, 5) is 3.43. The van der Waals surface area contributed by atoms with E-state index in [0.717, 1.165) is 12.3 Å². The Morgan fingerprint density at radius 1 is 1.25 bits per heavy atom. The highest BCUT2D eigenvalue weighted by Crippen LogP contribution is 2.29. The van der Waals surface area contributed by atoms with Crippen molar-refractivity contribution in [3.05, 3.63) is 51.7 Å². The molecule has 0 spiro atoms. The third-order valence-corrected chi connectivity index (χ3v) is 4.44. The summed E-state index contributed by atoms with van der Waals surface area (Å²) in [6, 6.07) is 4.02. The van der Waals surface area contributed by atoms with Crippen LogP contribution in [0, 0.1) is 11.6 Å². The lowest BCUT2D eigenvalue weighted by Gasteiger charge is -2.10. The van der Waals surface area contributed by atoms with Gasteiger partial charge < -0.3 is 0 Å². The van der Waals surface area contributed by atoms with Gasteiger partial charge in [-0.2, -0.15) is 0 Å². The van der Waals surface area contributed by atoms with Gasteiger partial charge in [-0.25, -0.2) is 22.2 Å². The summed E-state index contributed by atoms with van der Waals surface area (Å²) in [6.45, 7) is 0. The summed E-state index contributed by atoms with van der Waals surface area (Å²) in [6.07, 6.45) is 1.03. The van der Waals surface area contributed by atoms with E-state index in [1.165, 1.54) is 12.1 Å². The van der Waals surface area contributed by atoms with Gasteiger partial charge in [0.2, 0.25) is 0 Å². The number of hydrogen-bond donors (Lipinski definition) is 1. The first kappa shape index (κ1) is 15.1. The second-order valence-corrected chi connectivity index (χ2v) is 6.59. The van der Waals surface area contributed by atoms with E-state index in [9.17, 15) is 17.2 Å².